The van der Waals surface area contributed by atoms with Crippen LogP contribution in [0.1, 0.15) is 32.3 Å². The number of hydrogen-bond acceptors (Lipinski definition) is 5. The Labute approximate surface area is 134 Å². The highest BCUT2D eigenvalue weighted by molar-refractivity contribution is 5.82. The number of amides is 1. The van der Waals surface area contributed by atoms with Gasteiger partial charge in [-0.1, -0.05) is 30.3 Å². The van der Waals surface area contributed by atoms with Crippen molar-refractivity contribution in [2.24, 2.45) is 0 Å². The van der Waals surface area contributed by atoms with E-state index in [9.17, 15) is 14.4 Å². The second kappa shape index (κ2) is 9.45. The smallest absolute Gasteiger partial charge is 0.408 e. The zero-order valence-corrected chi connectivity index (χ0v) is 13.2. The molecule has 0 saturated carbocycles. The van der Waals surface area contributed by atoms with Crippen molar-refractivity contribution in [3.63, 3.8) is 0 Å². The van der Waals surface area contributed by atoms with Gasteiger partial charge in [-0.05, 0) is 25.8 Å². The fourth-order valence-corrected chi connectivity index (χ4v) is 1.74. The number of ether oxygens (including phenoxy) is 2. The molecule has 0 fully saturated rings. The Kier molecular flexibility index (Phi) is 7.59. The summed E-state index contributed by atoms with van der Waals surface area (Å²) in [6.07, 6.45) is -1.50. The fraction of sp³-hybridized carbons (Fsp3) is 0.438. The average Bonchev–Trinajstić information content (AvgIpc) is 2.49. The monoisotopic (exact) mass is 323 g/mol. The summed E-state index contributed by atoms with van der Waals surface area (Å²) >= 11 is 0. The topological polar surface area (TPSA) is 102 Å². The number of benzene rings is 1. The number of hydrogen-bond donors (Lipinski definition) is 2. The van der Waals surface area contributed by atoms with Crippen molar-refractivity contribution < 1.29 is 29.0 Å². The molecule has 2 N–H and O–H groups in total. The summed E-state index contributed by atoms with van der Waals surface area (Å²) < 4.78 is 10.0. The van der Waals surface area contributed by atoms with Gasteiger partial charge in [-0.2, -0.15) is 0 Å². The van der Waals surface area contributed by atoms with Crippen LogP contribution in [0.5, 0.6) is 0 Å². The molecule has 0 unspecified atom stereocenters. The lowest BCUT2D eigenvalue weighted by atomic mass is 10.1. The minimum absolute atomic E-state index is 0.0531. The summed E-state index contributed by atoms with van der Waals surface area (Å²) in [4.78, 5) is 34.3. The molecule has 0 saturated heterocycles. The van der Waals surface area contributed by atoms with Gasteiger partial charge < -0.3 is 19.9 Å². The maximum atomic E-state index is 11.9. The normalized spacial score (nSPS) is 11.6. The second-order valence-electron chi connectivity index (χ2n) is 5.18. The van der Waals surface area contributed by atoms with Crippen LogP contribution < -0.4 is 5.32 Å². The lowest BCUT2D eigenvalue weighted by Gasteiger charge is -2.18. The first-order valence-corrected chi connectivity index (χ1v) is 7.28. The molecule has 0 aliphatic rings. The van der Waals surface area contributed by atoms with E-state index in [0.717, 1.165) is 5.56 Å². The number of carbonyl (C=O) groups excluding carboxylic acids is 2. The minimum Gasteiger partial charge on any atom is -0.481 e. The predicted octanol–water partition coefficient (Wildman–Crippen LogP) is 2.10. The summed E-state index contributed by atoms with van der Waals surface area (Å²) in [6.45, 7) is 3.39. The molecule has 1 amide bonds. The lowest BCUT2D eigenvalue weighted by molar-refractivity contribution is -0.150. The van der Waals surface area contributed by atoms with Crippen LogP contribution in [-0.4, -0.2) is 35.3 Å². The first kappa shape index (κ1) is 18.5. The van der Waals surface area contributed by atoms with E-state index in [1.807, 2.05) is 18.2 Å². The van der Waals surface area contributed by atoms with Crippen LogP contribution in [-0.2, 0) is 25.7 Å². The molecule has 0 aliphatic carbocycles. The Morgan fingerprint density at radius 2 is 1.83 bits per heavy atom. The Hall–Kier alpha value is -2.57. The number of carboxylic acids is 1. The number of aliphatic carboxylic acids is 1. The molecular formula is C16H21NO6. The van der Waals surface area contributed by atoms with Gasteiger partial charge in [0, 0.05) is 6.42 Å². The van der Waals surface area contributed by atoms with Crippen molar-refractivity contribution in [2.45, 2.75) is 45.4 Å². The number of nitrogens with one attached hydrogen (secondary N) is 1. The number of esters is 1. The van der Waals surface area contributed by atoms with Gasteiger partial charge in [0.05, 0.1) is 6.10 Å². The van der Waals surface area contributed by atoms with E-state index in [0.29, 0.717) is 0 Å². The van der Waals surface area contributed by atoms with E-state index >= 15 is 0 Å². The first-order valence-electron chi connectivity index (χ1n) is 7.28. The quantitative estimate of drug-likeness (QED) is 0.710. The van der Waals surface area contributed by atoms with E-state index in [4.69, 9.17) is 14.6 Å². The summed E-state index contributed by atoms with van der Waals surface area (Å²) in [7, 11) is 0. The van der Waals surface area contributed by atoms with E-state index in [-0.39, 0.29) is 25.6 Å². The molecule has 0 aromatic heterocycles. The van der Waals surface area contributed by atoms with Crippen molar-refractivity contribution in [3.8, 4) is 0 Å². The Bertz CT molecular complexity index is 529. The lowest BCUT2D eigenvalue weighted by Crippen LogP contribution is -2.43. The fourth-order valence-electron chi connectivity index (χ4n) is 1.74. The van der Waals surface area contributed by atoms with Crippen LogP contribution in [0.4, 0.5) is 4.79 Å². The average molecular weight is 323 g/mol. The Morgan fingerprint density at radius 1 is 1.17 bits per heavy atom. The molecule has 1 atom stereocenters. The van der Waals surface area contributed by atoms with Gasteiger partial charge in [-0.15, -0.1) is 0 Å². The van der Waals surface area contributed by atoms with Gasteiger partial charge in [0.2, 0.25) is 0 Å². The van der Waals surface area contributed by atoms with E-state index in [1.165, 1.54) is 0 Å². The van der Waals surface area contributed by atoms with Crippen LogP contribution in [0.15, 0.2) is 30.3 Å². The number of rotatable bonds is 8. The molecule has 7 heteroatoms. The molecule has 1 aromatic rings. The summed E-state index contributed by atoms with van der Waals surface area (Å²) in [5.41, 5.74) is 0.800. The predicted molar refractivity (Wildman–Crippen MR) is 81.6 cm³/mol. The first-order chi connectivity index (χ1) is 10.9. The Balaban J connectivity index is 2.54. The molecule has 0 aliphatic heterocycles. The molecule has 23 heavy (non-hydrogen) atoms. The minimum atomic E-state index is -1.06. The largest absolute Gasteiger partial charge is 0.481 e. The standard InChI is InChI=1S/C16H21NO6/c1-11(2)23-15(20)13(8-9-14(18)19)17-16(21)22-10-12-6-4-3-5-7-12/h3-7,11,13H,8-10H2,1-2H3,(H,17,21)(H,18,19)/t13-/m0/s1. The molecule has 0 radical (unpaired) electrons. The number of alkyl carbamates (subject to hydrolysis) is 1. The molecule has 0 bridgehead atoms. The second-order valence-corrected chi connectivity index (χ2v) is 5.18. The van der Waals surface area contributed by atoms with E-state index in [2.05, 4.69) is 5.32 Å². The van der Waals surface area contributed by atoms with Crippen molar-refractivity contribution >= 4 is 18.0 Å². The van der Waals surface area contributed by atoms with Gasteiger partial charge >= 0.3 is 18.0 Å². The number of carboxylic acid groups (broad SMARTS) is 1. The van der Waals surface area contributed by atoms with Crippen LogP contribution in [0.3, 0.4) is 0 Å². The van der Waals surface area contributed by atoms with Crippen molar-refractivity contribution in [1.82, 2.24) is 5.32 Å². The molecule has 0 spiro atoms. The maximum absolute atomic E-state index is 11.9. The molecule has 1 rings (SSSR count). The van der Waals surface area contributed by atoms with Crippen LogP contribution in [0, 0.1) is 0 Å². The zero-order valence-electron chi connectivity index (χ0n) is 13.2. The van der Waals surface area contributed by atoms with Crippen molar-refractivity contribution in [3.05, 3.63) is 35.9 Å². The van der Waals surface area contributed by atoms with Crippen LogP contribution in [0.2, 0.25) is 0 Å². The molecule has 7 nitrogen and oxygen atoms in total. The van der Waals surface area contributed by atoms with Gasteiger partial charge in [-0.25, -0.2) is 9.59 Å². The van der Waals surface area contributed by atoms with Crippen LogP contribution >= 0.6 is 0 Å². The summed E-state index contributed by atoms with van der Waals surface area (Å²) in [5.74, 6) is -1.75. The van der Waals surface area contributed by atoms with Gasteiger partial charge in [0.1, 0.15) is 12.6 Å². The highest BCUT2D eigenvalue weighted by Crippen LogP contribution is 2.05. The van der Waals surface area contributed by atoms with E-state index in [1.54, 1.807) is 26.0 Å². The SMILES string of the molecule is CC(C)OC(=O)[C@H](CCC(=O)O)NC(=O)OCc1ccccc1. The van der Waals surface area contributed by atoms with Gasteiger partial charge in [-0.3, -0.25) is 4.79 Å². The number of carbonyl (C=O) groups is 3. The third-order valence-corrected chi connectivity index (χ3v) is 2.79. The maximum Gasteiger partial charge on any atom is 0.408 e. The van der Waals surface area contributed by atoms with Gasteiger partial charge in [0.15, 0.2) is 0 Å². The zero-order chi connectivity index (χ0) is 17.2. The molecule has 126 valence electrons. The van der Waals surface area contributed by atoms with E-state index < -0.39 is 24.1 Å². The highest BCUT2D eigenvalue weighted by atomic mass is 16.6. The molecular weight excluding hydrogens is 302 g/mol. The summed E-state index contributed by atoms with van der Waals surface area (Å²) in [5, 5.41) is 11.1. The van der Waals surface area contributed by atoms with Crippen LogP contribution in [0.25, 0.3) is 0 Å². The highest BCUT2D eigenvalue weighted by Gasteiger charge is 2.24. The van der Waals surface area contributed by atoms with Crippen molar-refractivity contribution in [1.29, 1.82) is 0 Å². The summed E-state index contributed by atoms with van der Waals surface area (Å²) in [6, 6.07) is 7.99. The van der Waals surface area contributed by atoms with Crippen molar-refractivity contribution in [2.75, 3.05) is 0 Å². The molecule has 0 heterocycles. The Morgan fingerprint density at radius 3 is 2.39 bits per heavy atom. The van der Waals surface area contributed by atoms with Gasteiger partial charge in [0.25, 0.3) is 0 Å². The third-order valence-electron chi connectivity index (χ3n) is 2.79. The third kappa shape index (κ3) is 7.85. The molecule has 1 aromatic carbocycles.